The Morgan fingerprint density at radius 3 is 2.07 bits per heavy atom. The van der Waals surface area contributed by atoms with E-state index in [1.165, 1.54) is 5.64 Å². The zero-order valence-corrected chi connectivity index (χ0v) is 9.55. The van der Waals surface area contributed by atoms with Gasteiger partial charge in [-0.1, -0.05) is 23.3 Å². The first-order valence-corrected chi connectivity index (χ1v) is 5.69. The highest BCUT2D eigenvalue weighted by molar-refractivity contribution is 7.86. The number of hydrogen-bond acceptors (Lipinski definition) is 5. The molecule has 1 rings (SSSR count). The molecular formula is C9H13NO4S. The molecule has 0 bridgehead atoms. The van der Waals surface area contributed by atoms with Crippen LogP contribution in [0.2, 0.25) is 0 Å². The Balaban J connectivity index is 3.38. The quantitative estimate of drug-likeness (QED) is 0.765. The third-order valence-corrected chi connectivity index (χ3v) is 3.44. The number of aryl methyl sites for hydroxylation is 3. The molecule has 0 aromatic heterocycles. The van der Waals surface area contributed by atoms with Crippen LogP contribution in [0.4, 0.5) is 0 Å². The van der Waals surface area contributed by atoms with E-state index < -0.39 is 10.1 Å². The molecule has 15 heavy (non-hydrogen) atoms. The van der Waals surface area contributed by atoms with Gasteiger partial charge in [-0.15, -0.1) is 4.28 Å². The maximum Gasteiger partial charge on any atom is 0.315 e. The summed E-state index contributed by atoms with van der Waals surface area (Å²) in [5, 5.41) is 8.25. The average molecular weight is 231 g/mol. The van der Waals surface area contributed by atoms with Gasteiger partial charge in [-0.3, -0.25) is 5.21 Å². The molecule has 1 aromatic rings. The summed E-state index contributed by atoms with van der Waals surface area (Å²) < 4.78 is 27.2. The maximum absolute atomic E-state index is 11.5. The Kier molecular flexibility index (Phi) is 3.46. The van der Waals surface area contributed by atoms with Gasteiger partial charge in [-0.25, -0.2) is 0 Å². The van der Waals surface area contributed by atoms with Gasteiger partial charge in [-0.05, 0) is 31.9 Å². The summed E-state index contributed by atoms with van der Waals surface area (Å²) in [6.07, 6.45) is 0. The van der Waals surface area contributed by atoms with Gasteiger partial charge in [0.25, 0.3) is 0 Å². The van der Waals surface area contributed by atoms with Gasteiger partial charge in [0.05, 0.1) is 0 Å². The molecule has 0 saturated carbocycles. The van der Waals surface area contributed by atoms with Crippen molar-refractivity contribution in [2.45, 2.75) is 25.7 Å². The van der Waals surface area contributed by atoms with E-state index in [0.717, 1.165) is 5.56 Å². The molecule has 0 fully saturated rings. The van der Waals surface area contributed by atoms with Crippen molar-refractivity contribution >= 4 is 10.1 Å². The highest BCUT2D eigenvalue weighted by Gasteiger charge is 2.20. The van der Waals surface area contributed by atoms with Gasteiger partial charge < -0.3 is 0 Å². The summed E-state index contributed by atoms with van der Waals surface area (Å²) in [6.45, 7) is 5.22. The smallest absolute Gasteiger partial charge is 0.291 e. The molecule has 0 heterocycles. The first-order chi connectivity index (χ1) is 6.88. The monoisotopic (exact) mass is 231 g/mol. The second-order valence-electron chi connectivity index (χ2n) is 3.36. The van der Waals surface area contributed by atoms with Crippen molar-refractivity contribution in [2.24, 2.45) is 0 Å². The van der Waals surface area contributed by atoms with Gasteiger partial charge in [0.2, 0.25) is 0 Å². The Morgan fingerprint density at radius 1 is 1.20 bits per heavy atom. The summed E-state index contributed by atoms with van der Waals surface area (Å²) in [5.41, 5.74) is 3.33. The lowest BCUT2D eigenvalue weighted by molar-refractivity contribution is -0.0380. The summed E-state index contributed by atoms with van der Waals surface area (Å²) in [4.78, 5) is 0.0784. The van der Waals surface area contributed by atoms with Gasteiger partial charge in [-0.2, -0.15) is 8.42 Å². The molecule has 1 aromatic carbocycles. The molecule has 5 nitrogen and oxygen atoms in total. The van der Waals surface area contributed by atoms with Crippen LogP contribution in [0, 0.1) is 20.8 Å². The topological polar surface area (TPSA) is 75.6 Å². The normalized spacial score (nSPS) is 11.7. The Bertz CT molecular complexity index is 444. The van der Waals surface area contributed by atoms with Crippen LogP contribution in [0.1, 0.15) is 16.7 Å². The van der Waals surface area contributed by atoms with Crippen LogP contribution in [-0.4, -0.2) is 13.6 Å². The lowest BCUT2D eigenvalue weighted by atomic mass is 10.1. The maximum atomic E-state index is 11.5. The zero-order valence-electron chi connectivity index (χ0n) is 8.73. The molecule has 0 unspecified atom stereocenters. The van der Waals surface area contributed by atoms with Crippen molar-refractivity contribution in [3.05, 3.63) is 28.8 Å². The summed E-state index contributed by atoms with van der Waals surface area (Å²) in [5.74, 6) is 0. The van der Waals surface area contributed by atoms with E-state index in [4.69, 9.17) is 5.21 Å². The zero-order chi connectivity index (χ0) is 11.6. The van der Waals surface area contributed by atoms with Gasteiger partial charge in [0.1, 0.15) is 4.90 Å². The molecule has 0 atom stereocenters. The molecule has 0 aliphatic heterocycles. The highest BCUT2D eigenvalue weighted by atomic mass is 32.2. The van der Waals surface area contributed by atoms with Crippen molar-refractivity contribution in [3.8, 4) is 0 Å². The average Bonchev–Trinajstić information content (AvgIpc) is 1.99. The van der Waals surface area contributed by atoms with E-state index in [2.05, 4.69) is 4.28 Å². The molecule has 0 saturated heterocycles. The standard InChI is InChI=1S/C9H13NO4S/c1-6-4-7(2)9(8(3)5-6)15(12,13)14-10-11/h4-5,10-11H,1-3H3. The molecule has 2 N–H and O–H groups in total. The van der Waals surface area contributed by atoms with Gasteiger partial charge >= 0.3 is 10.1 Å². The third-order valence-electron chi connectivity index (χ3n) is 2.00. The van der Waals surface area contributed by atoms with Crippen LogP contribution in [-0.2, 0) is 14.4 Å². The van der Waals surface area contributed by atoms with Crippen molar-refractivity contribution in [2.75, 3.05) is 0 Å². The minimum Gasteiger partial charge on any atom is -0.291 e. The van der Waals surface area contributed by atoms with E-state index in [1.54, 1.807) is 26.0 Å². The summed E-state index contributed by atoms with van der Waals surface area (Å²) in [7, 11) is -3.95. The lowest BCUT2D eigenvalue weighted by Crippen LogP contribution is -2.18. The van der Waals surface area contributed by atoms with E-state index in [9.17, 15) is 8.42 Å². The van der Waals surface area contributed by atoms with Crippen molar-refractivity contribution in [1.82, 2.24) is 5.64 Å². The number of hydrogen-bond donors (Lipinski definition) is 2. The van der Waals surface area contributed by atoms with Crippen molar-refractivity contribution in [1.29, 1.82) is 0 Å². The summed E-state index contributed by atoms with van der Waals surface area (Å²) >= 11 is 0. The van der Waals surface area contributed by atoms with E-state index in [0.29, 0.717) is 11.1 Å². The SMILES string of the molecule is Cc1cc(C)c(S(=O)(=O)ONO)c(C)c1. The van der Waals surface area contributed by atoms with E-state index in [1.807, 2.05) is 6.92 Å². The van der Waals surface area contributed by atoms with Crippen LogP contribution < -0.4 is 5.64 Å². The molecule has 0 aliphatic rings. The Labute approximate surface area is 88.7 Å². The number of benzene rings is 1. The minimum atomic E-state index is -3.95. The molecular weight excluding hydrogens is 218 g/mol. The Hall–Kier alpha value is -0.950. The second kappa shape index (κ2) is 4.28. The lowest BCUT2D eigenvalue weighted by Gasteiger charge is -2.10. The molecule has 84 valence electrons. The van der Waals surface area contributed by atoms with E-state index >= 15 is 0 Å². The van der Waals surface area contributed by atoms with Crippen molar-refractivity contribution < 1.29 is 17.9 Å². The van der Waals surface area contributed by atoms with Crippen LogP contribution >= 0.6 is 0 Å². The predicted octanol–water partition coefficient (Wildman–Crippen LogP) is 1.21. The third kappa shape index (κ3) is 2.54. The molecule has 0 amide bonds. The fourth-order valence-electron chi connectivity index (χ4n) is 1.65. The number of nitrogens with one attached hydrogen (secondary N) is 1. The van der Waals surface area contributed by atoms with Crippen molar-refractivity contribution in [3.63, 3.8) is 0 Å². The predicted molar refractivity (Wildman–Crippen MR) is 53.8 cm³/mol. The van der Waals surface area contributed by atoms with Gasteiger partial charge in [0.15, 0.2) is 0 Å². The number of rotatable bonds is 3. The second-order valence-corrected chi connectivity index (χ2v) is 4.84. The summed E-state index contributed by atoms with van der Waals surface area (Å²) in [6, 6.07) is 3.47. The minimum absolute atomic E-state index is 0.0784. The van der Waals surface area contributed by atoms with Crippen LogP contribution in [0.25, 0.3) is 0 Å². The fraction of sp³-hybridized carbons (Fsp3) is 0.333. The first-order valence-electron chi connectivity index (χ1n) is 4.29. The Morgan fingerprint density at radius 2 is 1.67 bits per heavy atom. The van der Waals surface area contributed by atoms with Crippen LogP contribution in [0.3, 0.4) is 0 Å². The van der Waals surface area contributed by atoms with Crippen LogP contribution in [0.5, 0.6) is 0 Å². The molecule has 0 radical (unpaired) electrons. The first kappa shape index (κ1) is 12.1. The van der Waals surface area contributed by atoms with Crippen LogP contribution in [0.15, 0.2) is 17.0 Å². The molecule has 0 aliphatic carbocycles. The molecule has 0 spiro atoms. The largest absolute Gasteiger partial charge is 0.315 e. The van der Waals surface area contributed by atoms with Gasteiger partial charge in [0, 0.05) is 0 Å². The highest BCUT2D eigenvalue weighted by Crippen LogP contribution is 2.22. The molecule has 6 heteroatoms. The fourth-order valence-corrected chi connectivity index (χ4v) is 2.74. The van der Waals surface area contributed by atoms with E-state index in [-0.39, 0.29) is 4.90 Å².